The van der Waals surface area contributed by atoms with Gasteiger partial charge in [-0.3, -0.25) is 4.79 Å². The summed E-state index contributed by atoms with van der Waals surface area (Å²) in [4.78, 5) is 13.0. The van der Waals surface area contributed by atoms with E-state index in [2.05, 4.69) is 17.0 Å². The van der Waals surface area contributed by atoms with Gasteiger partial charge in [-0.1, -0.05) is 0 Å². The van der Waals surface area contributed by atoms with Crippen LogP contribution in [0.3, 0.4) is 0 Å². The molecule has 0 aliphatic carbocycles. The van der Waals surface area contributed by atoms with E-state index < -0.39 is 5.97 Å². The molecular formula is C15H21NO3. The van der Waals surface area contributed by atoms with E-state index >= 15 is 0 Å². The number of aliphatic carboxylic acids is 1. The second-order valence-corrected chi connectivity index (χ2v) is 4.85. The number of nitrogens with zero attached hydrogens (tertiary/aromatic N) is 1. The van der Waals surface area contributed by atoms with Crippen LogP contribution >= 0.6 is 0 Å². The third-order valence-electron chi connectivity index (χ3n) is 3.55. The number of hydrogen-bond acceptors (Lipinski definition) is 3. The van der Waals surface area contributed by atoms with Gasteiger partial charge >= 0.3 is 5.97 Å². The van der Waals surface area contributed by atoms with Crippen molar-refractivity contribution in [2.45, 2.75) is 38.6 Å². The molecule has 4 nitrogen and oxygen atoms in total. The van der Waals surface area contributed by atoms with Gasteiger partial charge in [0.15, 0.2) is 0 Å². The molecule has 1 atom stereocenters. The lowest BCUT2D eigenvalue weighted by Gasteiger charge is -2.26. The Morgan fingerprint density at radius 2 is 2.16 bits per heavy atom. The van der Waals surface area contributed by atoms with Crippen molar-refractivity contribution in [3.8, 4) is 5.75 Å². The summed E-state index contributed by atoms with van der Waals surface area (Å²) >= 11 is 0. The normalized spacial score (nSPS) is 18.6. The maximum atomic E-state index is 10.7. The molecule has 0 spiro atoms. The van der Waals surface area contributed by atoms with E-state index in [1.807, 2.05) is 19.1 Å². The molecule has 104 valence electrons. The summed E-state index contributed by atoms with van der Waals surface area (Å²) in [6, 6.07) is 8.43. The number of rotatable bonds is 6. The van der Waals surface area contributed by atoms with Crippen molar-refractivity contribution in [2.75, 3.05) is 18.1 Å². The Balaban J connectivity index is 2.00. The van der Waals surface area contributed by atoms with Crippen LogP contribution < -0.4 is 9.64 Å². The molecule has 0 aromatic heterocycles. The topological polar surface area (TPSA) is 49.8 Å². The minimum Gasteiger partial charge on any atom is -0.494 e. The van der Waals surface area contributed by atoms with Gasteiger partial charge in [0.25, 0.3) is 0 Å². The standard InChI is InChI=1S/C15H21NO3/c1-2-19-14-8-5-13(6-9-14)16-11-3-4-12(16)7-10-15(17)18/h5-6,8-9,12H,2-4,7,10-11H2,1H3,(H,17,18). The van der Waals surface area contributed by atoms with Gasteiger partial charge < -0.3 is 14.7 Å². The van der Waals surface area contributed by atoms with Gasteiger partial charge in [0.05, 0.1) is 6.61 Å². The number of benzene rings is 1. The zero-order valence-electron chi connectivity index (χ0n) is 11.3. The average Bonchev–Trinajstić information content (AvgIpc) is 2.86. The molecule has 1 aliphatic rings. The largest absolute Gasteiger partial charge is 0.494 e. The maximum absolute atomic E-state index is 10.7. The summed E-state index contributed by atoms with van der Waals surface area (Å²) in [5.74, 6) is 0.172. The Morgan fingerprint density at radius 1 is 1.42 bits per heavy atom. The molecule has 1 heterocycles. The molecule has 1 aromatic rings. The molecule has 1 saturated heterocycles. The van der Waals surface area contributed by atoms with Gasteiger partial charge in [-0.2, -0.15) is 0 Å². The molecule has 0 radical (unpaired) electrons. The van der Waals surface area contributed by atoms with Crippen molar-refractivity contribution in [1.29, 1.82) is 0 Å². The van der Waals surface area contributed by atoms with E-state index in [9.17, 15) is 4.79 Å². The number of carbonyl (C=O) groups is 1. The first-order valence-corrected chi connectivity index (χ1v) is 6.92. The van der Waals surface area contributed by atoms with Crippen LogP contribution in [0.4, 0.5) is 5.69 Å². The summed E-state index contributed by atoms with van der Waals surface area (Å²) < 4.78 is 5.43. The lowest BCUT2D eigenvalue weighted by molar-refractivity contribution is -0.137. The lowest BCUT2D eigenvalue weighted by atomic mass is 10.1. The molecule has 0 bridgehead atoms. The van der Waals surface area contributed by atoms with Crippen LogP contribution in [0.15, 0.2) is 24.3 Å². The van der Waals surface area contributed by atoms with Gasteiger partial charge in [0.1, 0.15) is 5.75 Å². The minimum absolute atomic E-state index is 0.248. The minimum atomic E-state index is -0.710. The van der Waals surface area contributed by atoms with E-state index in [0.29, 0.717) is 12.6 Å². The Labute approximate surface area is 114 Å². The van der Waals surface area contributed by atoms with Gasteiger partial charge in [-0.05, 0) is 50.5 Å². The van der Waals surface area contributed by atoms with Crippen LogP contribution in [0.1, 0.15) is 32.6 Å². The van der Waals surface area contributed by atoms with Crippen LogP contribution in [-0.2, 0) is 4.79 Å². The number of carboxylic acid groups (broad SMARTS) is 1. The lowest BCUT2D eigenvalue weighted by Crippen LogP contribution is -2.29. The first kappa shape index (κ1) is 13.7. The summed E-state index contributed by atoms with van der Waals surface area (Å²) in [5, 5.41) is 8.79. The third kappa shape index (κ3) is 3.63. The summed E-state index contributed by atoms with van der Waals surface area (Å²) in [6.07, 6.45) is 3.19. The van der Waals surface area contributed by atoms with E-state index in [-0.39, 0.29) is 6.42 Å². The summed E-state index contributed by atoms with van der Waals surface area (Å²) in [7, 11) is 0. The molecule has 0 amide bonds. The highest BCUT2D eigenvalue weighted by molar-refractivity contribution is 5.66. The van der Waals surface area contributed by atoms with E-state index in [4.69, 9.17) is 9.84 Å². The smallest absolute Gasteiger partial charge is 0.303 e. The quantitative estimate of drug-likeness (QED) is 0.857. The third-order valence-corrected chi connectivity index (χ3v) is 3.55. The molecule has 1 aliphatic heterocycles. The van der Waals surface area contributed by atoms with E-state index in [0.717, 1.165) is 37.2 Å². The molecule has 4 heteroatoms. The zero-order valence-corrected chi connectivity index (χ0v) is 11.3. The Kier molecular flexibility index (Phi) is 4.66. The molecule has 0 saturated carbocycles. The Bertz CT molecular complexity index is 416. The highest BCUT2D eigenvalue weighted by Gasteiger charge is 2.25. The fraction of sp³-hybridized carbons (Fsp3) is 0.533. The van der Waals surface area contributed by atoms with Crippen LogP contribution in [0, 0.1) is 0 Å². The van der Waals surface area contributed by atoms with Crippen molar-refractivity contribution < 1.29 is 14.6 Å². The highest BCUT2D eigenvalue weighted by atomic mass is 16.5. The molecule has 1 unspecified atom stereocenters. The molecule has 1 N–H and O–H groups in total. The fourth-order valence-electron chi connectivity index (χ4n) is 2.67. The molecule has 19 heavy (non-hydrogen) atoms. The van der Waals surface area contributed by atoms with Crippen molar-refractivity contribution in [1.82, 2.24) is 0 Å². The van der Waals surface area contributed by atoms with Crippen molar-refractivity contribution in [3.63, 3.8) is 0 Å². The van der Waals surface area contributed by atoms with Crippen LogP contribution in [0.25, 0.3) is 0 Å². The van der Waals surface area contributed by atoms with Crippen molar-refractivity contribution >= 4 is 11.7 Å². The molecule has 1 aromatic carbocycles. The molecule has 1 fully saturated rings. The van der Waals surface area contributed by atoms with Crippen LogP contribution in [-0.4, -0.2) is 30.3 Å². The second kappa shape index (κ2) is 6.45. The first-order valence-electron chi connectivity index (χ1n) is 6.92. The van der Waals surface area contributed by atoms with Gasteiger partial charge in [-0.15, -0.1) is 0 Å². The van der Waals surface area contributed by atoms with E-state index in [1.165, 1.54) is 0 Å². The van der Waals surface area contributed by atoms with Gasteiger partial charge in [0.2, 0.25) is 0 Å². The van der Waals surface area contributed by atoms with E-state index in [1.54, 1.807) is 0 Å². The van der Waals surface area contributed by atoms with Gasteiger partial charge in [0, 0.05) is 24.7 Å². The monoisotopic (exact) mass is 263 g/mol. The summed E-state index contributed by atoms with van der Waals surface area (Å²) in [6.45, 7) is 3.65. The van der Waals surface area contributed by atoms with Crippen molar-refractivity contribution in [3.05, 3.63) is 24.3 Å². The number of anilines is 1. The average molecular weight is 263 g/mol. The highest BCUT2D eigenvalue weighted by Crippen LogP contribution is 2.29. The number of carboxylic acids is 1. The maximum Gasteiger partial charge on any atom is 0.303 e. The fourth-order valence-corrected chi connectivity index (χ4v) is 2.67. The molecular weight excluding hydrogens is 242 g/mol. The Morgan fingerprint density at radius 3 is 2.79 bits per heavy atom. The predicted molar refractivity (Wildman–Crippen MR) is 74.8 cm³/mol. The Hall–Kier alpha value is -1.71. The molecule has 2 rings (SSSR count). The van der Waals surface area contributed by atoms with Gasteiger partial charge in [-0.25, -0.2) is 0 Å². The van der Waals surface area contributed by atoms with Crippen molar-refractivity contribution in [2.24, 2.45) is 0 Å². The first-order chi connectivity index (χ1) is 9.20. The summed E-state index contributed by atoms with van der Waals surface area (Å²) in [5.41, 5.74) is 1.16. The van der Waals surface area contributed by atoms with Crippen LogP contribution in [0.5, 0.6) is 5.75 Å². The number of ether oxygens (including phenoxy) is 1. The zero-order chi connectivity index (χ0) is 13.7. The SMILES string of the molecule is CCOc1ccc(N2CCCC2CCC(=O)O)cc1. The predicted octanol–water partition coefficient (Wildman–Crippen LogP) is 2.92. The number of hydrogen-bond donors (Lipinski definition) is 1. The van der Waals surface area contributed by atoms with Crippen LogP contribution in [0.2, 0.25) is 0 Å². The second-order valence-electron chi connectivity index (χ2n) is 4.85.